The molecule has 2 aromatic heterocycles. The molecule has 0 unspecified atom stereocenters. The minimum atomic E-state index is 0.0137. The predicted octanol–water partition coefficient (Wildman–Crippen LogP) is 2.47. The number of rotatable bonds is 3. The van der Waals surface area contributed by atoms with E-state index in [1.54, 1.807) is 6.26 Å². The summed E-state index contributed by atoms with van der Waals surface area (Å²) in [5.41, 5.74) is 0.0137. The molecule has 0 radical (unpaired) electrons. The average molecular weight is 287 g/mol. The minimum Gasteiger partial charge on any atom is -0.468 e. The van der Waals surface area contributed by atoms with Crippen LogP contribution in [0.4, 0.5) is 0 Å². The lowest BCUT2D eigenvalue weighted by atomic mass is 9.88. The van der Waals surface area contributed by atoms with Crippen molar-refractivity contribution in [3.63, 3.8) is 0 Å². The number of furan rings is 1. The van der Waals surface area contributed by atoms with Gasteiger partial charge in [-0.05, 0) is 31.5 Å². The van der Waals surface area contributed by atoms with Crippen LogP contribution in [0.25, 0.3) is 0 Å². The highest BCUT2D eigenvalue weighted by atomic mass is 16.5. The van der Waals surface area contributed by atoms with Crippen LogP contribution in [-0.2, 0) is 11.3 Å². The summed E-state index contributed by atoms with van der Waals surface area (Å²) in [5.74, 6) is 1.04. The van der Waals surface area contributed by atoms with Crippen molar-refractivity contribution in [3.05, 3.63) is 42.9 Å². The SMILES string of the molecule is c1coc(CN2CCC[C@]3(C[C@@H](n4ccnc4)CO3)C2)c1. The van der Waals surface area contributed by atoms with Gasteiger partial charge < -0.3 is 13.7 Å². The molecule has 21 heavy (non-hydrogen) atoms. The maximum atomic E-state index is 6.25. The van der Waals surface area contributed by atoms with Crippen molar-refractivity contribution in [3.8, 4) is 0 Å². The first-order valence-corrected chi connectivity index (χ1v) is 7.69. The fourth-order valence-electron chi connectivity index (χ4n) is 3.73. The average Bonchev–Trinajstić information content (AvgIpc) is 3.20. The monoisotopic (exact) mass is 287 g/mol. The van der Waals surface area contributed by atoms with Gasteiger partial charge in [0.05, 0.1) is 37.4 Å². The first kappa shape index (κ1) is 13.1. The van der Waals surface area contributed by atoms with E-state index in [2.05, 4.69) is 14.5 Å². The Labute approximate surface area is 124 Å². The molecule has 5 heteroatoms. The molecule has 0 saturated carbocycles. The zero-order chi connectivity index (χ0) is 14.1. The molecule has 112 valence electrons. The fourth-order valence-corrected chi connectivity index (χ4v) is 3.73. The third-order valence-corrected chi connectivity index (χ3v) is 4.71. The Kier molecular flexibility index (Phi) is 3.31. The van der Waals surface area contributed by atoms with E-state index < -0.39 is 0 Å². The topological polar surface area (TPSA) is 43.4 Å². The Morgan fingerprint density at radius 1 is 1.43 bits per heavy atom. The third-order valence-electron chi connectivity index (χ3n) is 4.71. The quantitative estimate of drug-likeness (QED) is 0.870. The second-order valence-corrected chi connectivity index (χ2v) is 6.26. The molecule has 2 aliphatic rings. The van der Waals surface area contributed by atoms with Gasteiger partial charge in [-0.25, -0.2) is 4.98 Å². The maximum Gasteiger partial charge on any atom is 0.117 e. The van der Waals surface area contributed by atoms with Crippen LogP contribution in [0.3, 0.4) is 0 Å². The van der Waals surface area contributed by atoms with Crippen LogP contribution < -0.4 is 0 Å². The van der Waals surface area contributed by atoms with E-state index in [0.29, 0.717) is 6.04 Å². The van der Waals surface area contributed by atoms with E-state index in [9.17, 15) is 0 Å². The van der Waals surface area contributed by atoms with E-state index in [4.69, 9.17) is 9.15 Å². The Balaban J connectivity index is 1.43. The van der Waals surface area contributed by atoms with E-state index in [-0.39, 0.29) is 5.60 Å². The highest BCUT2D eigenvalue weighted by molar-refractivity contribution is 5.02. The Morgan fingerprint density at radius 2 is 2.43 bits per heavy atom. The summed E-state index contributed by atoms with van der Waals surface area (Å²) < 4.78 is 13.9. The second-order valence-electron chi connectivity index (χ2n) is 6.26. The summed E-state index contributed by atoms with van der Waals surface area (Å²) in [7, 11) is 0. The van der Waals surface area contributed by atoms with Gasteiger partial charge in [0.15, 0.2) is 0 Å². The molecule has 0 aromatic carbocycles. The van der Waals surface area contributed by atoms with Gasteiger partial charge >= 0.3 is 0 Å². The van der Waals surface area contributed by atoms with E-state index in [0.717, 1.165) is 44.8 Å². The summed E-state index contributed by atoms with van der Waals surface area (Å²) in [4.78, 5) is 6.61. The highest BCUT2D eigenvalue weighted by Crippen LogP contribution is 2.39. The zero-order valence-corrected chi connectivity index (χ0v) is 12.1. The van der Waals surface area contributed by atoms with Gasteiger partial charge in [0.1, 0.15) is 5.76 Å². The number of hydrogen-bond donors (Lipinski definition) is 0. The molecule has 0 bridgehead atoms. The van der Waals surface area contributed by atoms with Gasteiger partial charge in [-0.3, -0.25) is 4.90 Å². The normalized spacial score (nSPS) is 30.2. The third kappa shape index (κ3) is 2.63. The summed E-state index contributed by atoms with van der Waals surface area (Å²) in [6, 6.07) is 4.43. The Hall–Kier alpha value is -1.59. The number of ether oxygens (including phenoxy) is 1. The van der Waals surface area contributed by atoms with Crippen LogP contribution in [0.15, 0.2) is 41.5 Å². The summed E-state index contributed by atoms with van der Waals surface area (Å²) >= 11 is 0. The molecule has 2 atom stereocenters. The van der Waals surface area contributed by atoms with Crippen LogP contribution in [0.2, 0.25) is 0 Å². The van der Waals surface area contributed by atoms with Crippen molar-refractivity contribution in [1.82, 2.24) is 14.5 Å². The maximum absolute atomic E-state index is 6.25. The lowest BCUT2D eigenvalue weighted by Crippen LogP contribution is -2.47. The van der Waals surface area contributed by atoms with Crippen molar-refractivity contribution in [2.45, 2.75) is 37.5 Å². The minimum absolute atomic E-state index is 0.0137. The fraction of sp³-hybridized carbons (Fsp3) is 0.562. The van der Waals surface area contributed by atoms with Crippen molar-refractivity contribution in [2.24, 2.45) is 0 Å². The molecule has 0 amide bonds. The molecule has 2 aromatic rings. The Bertz CT molecular complexity index is 566. The van der Waals surface area contributed by atoms with Crippen molar-refractivity contribution >= 4 is 0 Å². The molecular formula is C16H21N3O2. The zero-order valence-electron chi connectivity index (χ0n) is 12.1. The first-order chi connectivity index (χ1) is 10.3. The van der Waals surface area contributed by atoms with Gasteiger partial charge in [-0.1, -0.05) is 0 Å². The molecule has 2 saturated heterocycles. The Morgan fingerprint density at radius 3 is 3.24 bits per heavy atom. The van der Waals surface area contributed by atoms with Crippen molar-refractivity contribution < 1.29 is 9.15 Å². The summed E-state index contributed by atoms with van der Waals surface area (Å²) in [5, 5.41) is 0. The molecule has 2 fully saturated rings. The smallest absolute Gasteiger partial charge is 0.117 e. The van der Waals surface area contributed by atoms with Gasteiger partial charge in [-0.2, -0.15) is 0 Å². The van der Waals surface area contributed by atoms with Crippen LogP contribution in [-0.4, -0.2) is 39.7 Å². The van der Waals surface area contributed by atoms with Crippen molar-refractivity contribution in [2.75, 3.05) is 19.7 Å². The number of aromatic nitrogens is 2. The molecule has 0 N–H and O–H groups in total. The number of nitrogens with zero attached hydrogens (tertiary/aromatic N) is 3. The molecule has 5 nitrogen and oxygen atoms in total. The van der Waals surface area contributed by atoms with Crippen LogP contribution in [0, 0.1) is 0 Å². The van der Waals surface area contributed by atoms with E-state index in [1.165, 1.54) is 6.42 Å². The first-order valence-electron chi connectivity index (χ1n) is 7.69. The van der Waals surface area contributed by atoms with Gasteiger partial charge in [0.2, 0.25) is 0 Å². The molecular weight excluding hydrogens is 266 g/mol. The van der Waals surface area contributed by atoms with Gasteiger partial charge in [0.25, 0.3) is 0 Å². The number of hydrogen-bond acceptors (Lipinski definition) is 4. The van der Waals surface area contributed by atoms with Gasteiger partial charge in [-0.15, -0.1) is 0 Å². The van der Waals surface area contributed by atoms with Crippen LogP contribution in [0.5, 0.6) is 0 Å². The molecule has 0 aliphatic carbocycles. The van der Waals surface area contributed by atoms with E-state index >= 15 is 0 Å². The second kappa shape index (κ2) is 5.31. The molecule has 4 rings (SSSR count). The van der Waals surface area contributed by atoms with Crippen LogP contribution >= 0.6 is 0 Å². The van der Waals surface area contributed by atoms with Crippen molar-refractivity contribution in [1.29, 1.82) is 0 Å². The summed E-state index contributed by atoms with van der Waals surface area (Å²) in [6.07, 6.45) is 11.0. The number of piperidine rings is 1. The highest BCUT2D eigenvalue weighted by Gasteiger charge is 2.43. The molecule has 4 heterocycles. The lowest BCUT2D eigenvalue weighted by Gasteiger charge is -2.39. The number of likely N-dealkylation sites (tertiary alicyclic amines) is 1. The standard InChI is InChI=1S/C16H21N3O2/c1-3-15(20-8-1)10-18-6-2-4-16(12-18)9-14(11-21-16)19-7-5-17-13-19/h1,3,5,7-8,13-14H,2,4,6,9-12H2/t14-,16+/m1/s1. The molecule has 2 aliphatic heterocycles. The van der Waals surface area contributed by atoms with E-state index in [1.807, 2.05) is 30.9 Å². The number of imidazole rings is 1. The van der Waals surface area contributed by atoms with Gasteiger partial charge in [0, 0.05) is 25.4 Å². The summed E-state index contributed by atoms with van der Waals surface area (Å²) in [6.45, 7) is 3.80. The lowest BCUT2D eigenvalue weighted by molar-refractivity contribution is -0.0546. The largest absolute Gasteiger partial charge is 0.468 e. The molecule has 1 spiro atoms. The van der Waals surface area contributed by atoms with Crippen LogP contribution in [0.1, 0.15) is 31.1 Å². The predicted molar refractivity (Wildman–Crippen MR) is 77.8 cm³/mol.